The van der Waals surface area contributed by atoms with Crippen LogP contribution in [0, 0.1) is 6.92 Å². The zero-order chi connectivity index (χ0) is 21.1. The Hall–Kier alpha value is -2.94. The molecule has 6 nitrogen and oxygen atoms in total. The van der Waals surface area contributed by atoms with Crippen molar-refractivity contribution in [2.24, 2.45) is 0 Å². The summed E-state index contributed by atoms with van der Waals surface area (Å²) < 4.78 is 39.4. The minimum absolute atomic E-state index is 0.265. The number of fused-ring (bicyclic) bond motifs is 1. The Morgan fingerprint density at radius 3 is 2.73 bits per heavy atom. The van der Waals surface area contributed by atoms with Crippen LogP contribution < -0.4 is 15.5 Å². The Labute approximate surface area is 172 Å². The van der Waals surface area contributed by atoms with E-state index in [9.17, 15) is 13.2 Å². The van der Waals surface area contributed by atoms with Gasteiger partial charge in [0.25, 0.3) is 0 Å². The third-order valence-corrected chi connectivity index (χ3v) is 5.41. The lowest BCUT2D eigenvalue weighted by atomic mass is 10.00. The Bertz CT molecular complexity index is 1030. The molecule has 2 N–H and O–H groups in total. The van der Waals surface area contributed by atoms with Gasteiger partial charge in [-0.15, -0.1) is 5.10 Å². The number of nitrogens with zero attached hydrogens (tertiary/aromatic N) is 4. The van der Waals surface area contributed by atoms with Gasteiger partial charge in [0, 0.05) is 49.7 Å². The zero-order valence-corrected chi connectivity index (χ0v) is 16.6. The minimum Gasteiger partial charge on any atom is -0.368 e. The lowest BCUT2D eigenvalue weighted by Crippen LogP contribution is -2.43. The molecule has 0 saturated carbocycles. The number of benzene rings is 1. The molecule has 1 saturated heterocycles. The Kier molecular flexibility index (Phi) is 5.72. The molecule has 158 valence electrons. The number of hydrogen-bond acceptors (Lipinski definition) is 6. The number of alkyl halides is 3. The molecular weight excluding hydrogens is 393 g/mol. The second-order valence-corrected chi connectivity index (χ2v) is 7.32. The van der Waals surface area contributed by atoms with Gasteiger partial charge in [0.15, 0.2) is 5.82 Å². The van der Waals surface area contributed by atoms with Gasteiger partial charge in [0.2, 0.25) is 0 Å². The third-order valence-electron chi connectivity index (χ3n) is 5.41. The van der Waals surface area contributed by atoms with E-state index in [1.54, 1.807) is 18.5 Å². The van der Waals surface area contributed by atoms with E-state index in [1.165, 1.54) is 13.0 Å². The summed E-state index contributed by atoms with van der Waals surface area (Å²) in [6, 6.07) is 6.29. The Balaban J connectivity index is 1.52. The number of piperazine rings is 1. The van der Waals surface area contributed by atoms with Crippen LogP contribution in [0.4, 0.5) is 24.8 Å². The summed E-state index contributed by atoms with van der Waals surface area (Å²) in [7, 11) is 0. The topological polar surface area (TPSA) is 66.0 Å². The smallest absolute Gasteiger partial charge is 0.368 e. The van der Waals surface area contributed by atoms with Crippen molar-refractivity contribution < 1.29 is 13.2 Å². The molecule has 0 aliphatic carbocycles. The fourth-order valence-electron chi connectivity index (χ4n) is 3.74. The van der Waals surface area contributed by atoms with Crippen LogP contribution in [0.5, 0.6) is 0 Å². The molecule has 30 heavy (non-hydrogen) atoms. The standard InChI is InChI=1S/C21H23F3N6/c1-14-15(3-2-4-18(14)21(22,23)24)5-6-26-20-17-11-19(30-9-7-25-8-10-30)27-12-16(17)13-28-29-20/h2-4,11-13,25H,5-10H2,1H3,(H,26,29). The van der Waals surface area contributed by atoms with Crippen molar-refractivity contribution in [3.05, 3.63) is 53.3 Å². The minimum atomic E-state index is -4.35. The summed E-state index contributed by atoms with van der Waals surface area (Å²) in [6.07, 6.45) is -0.457. The van der Waals surface area contributed by atoms with Crippen LogP contribution in [-0.2, 0) is 12.6 Å². The second kappa shape index (κ2) is 8.43. The maximum atomic E-state index is 13.1. The predicted octanol–water partition coefficient (Wildman–Crippen LogP) is 3.42. The first-order valence-corrected chi connectivity index (χ1v) is 9.90. The fraction of sp³-hybridized carbons (Fsp3) is 0.381. The molecule has 0 atom stereocenters. The van der Waals surface area contributed by atoms with Crippen molar-refractivity contribution >= 4 is 22.4 Å². The largest absolute Gasteiger partial charge is 0.416 e. The van der Waals surface area contributed by atoms with Gasteiger partial charge in [-0.1, -0.05) is 12.1 Å². The summed E-state index contributed by atoms with van der Waals surface area (Å²) in [4.78, 5) is 6.75. The first-order chi connectivity index (χ1) is 14.4. The van der Waals surface area contributed by atoms with Crippen LogP contribution in [-0.4, -0.2) is 47.9 Å². The molecule has 3 heterocycles. The van der Waals surface area contributed by atoms with Crippen molar-refractivity contribution in [2.45, 2.75) is 19.5 Å². The molecule has 0 radical (unpaired) electrons. The van der Waals surface area contributed by atoms with Crippen molar-refractivity contribution in [2.75, 3.05) is 42.9 Å². The van der Waals surface area contributed by atoms with Crippen LogP contribution in [0.2, 0.25) is 0 Å². The maximum Gasteiger partial charge on any atom is 0.416 e. The first-order valence-electron chi connectivity index (χ1n) is 9.90. The van der Waals surface area contributed by atoms with Crippen molar-refractivity contribution in [3.63, 3.8) is 0 Å². The first kappa shape index (κ1) is 20.3. The number of nitrogens with one attached hydrogen (secondary N) is 2. The number of anilines is 2. The lowest BCUT2D eigenvalue weighted by Gasteiger charge is -2.28. The number of halogens is 3. The molecule has 2 aromatic heterocycles. The van der Waals surface area contributed by atoms with Crippen LogP contribution in [0.15, 0.2) is 36.7 Å². The van der Waals surface area contributed by atoms with Gasteiger partial charge < -0.3 is 15.5 Å². The quantitative estimate of drug-likeness (QED) is 0.665. The maximum absolute atomic E-state index is 13.1. The predicted molar refractivity (Wildman–Crippen MR) is 111 cm³/mol. The highest BCUT2D eigenvalue weighted by Crippen LogP contribution is 2.33. The average Bonchev–Trinajstić information content (AvgIpc) is 2.74. The summed E-state index contributed by atoms with van der Waals surface area (Å²) in [5.74, 6) is 1.49. The third kappa shape index (κ3) is 4.30. The highest BCUT2D eigenvalue weighted by Gasteiger charge is 2.32. The van der Waals surface area contributed by atoms with Crippen LogP contribution >= 0.6 is 0 Å². The van der Waals surface area contributed by atoms with Crippen LogP contribution in [0.1, 0.15) is 16.7 Å². The molecule has 3 aromatic rings. The number of aromatic nitrogens is 3. The Morgan fingerprint density at radius 1 is 1.17 bits per heavy atom. The van der Waals surface area contributed by atoms with E-state index in [0.29, 0.717) is 24.3 Å². The van der Waals surface area contributed by atoms with Gasteiger partial charge in [0.1, 0.15) is 5.82 Å². The molecule has 0 bridgehead atoms. The van der Waals surface area contributed by atoms with E-state index in [0.717, 1.165) is 48.8 Å². The molecule has 1 aromatic carbocycles. The summed E-state index contributed by atoms with van der Waals surface area (Å²) in [5.41, 5.74) is 0.339. The molecule has 9 heteroatoms. The molecule has 0 unspecified atom stereocenters. The van der Waals surface area contributed by atoms with Crippen LogP contribution in [0.3, 0.4) is 0 Å². The molecule has 0 spiro atoms. The molecule has 1 fully saturated rings. The van der Waals surface area contributed by atoms with E-state index in [4.69, 9.17) is 0 Å². The van der Waals surface area contributed by atoms with Gasteiger partial charge in [-0.2, -0.15) is 18.3 Å². The monoisotopic (exact) mass is 416 g/mol. The number of rotatable bonds is 5. The number of hydrogen-bond donors (Lipinski definition) is 2. The summed E-state index contributed by atoms with van der Waals surface area (Å²) in [5, 5.41) is 16.5. The summed E-state index contributed by atoms with van der Waals surface area (Å²) >= 11 is 0. The van der Waals surface area contributed by atoms with Gasteiger partial charge in [-0.05, 0) is 36.6 Å². The van der Waals surface area contributed by atoms with Crippen molar-refractivity contribution in [1.82, 2.24) is 20.5 Å². The van der Waals surface area contributed by atoms with Gasteiger partial charge in [-0.3, -0.25) is 0 Å². The highest BCUT2D eigenvalue weighted by atomic mass is 19.4. The highest BCUT2D eigenvalue weighted by molar-refractivity contribution is 5.92. The van der Waals surface area contributed by atoms with E-state index < -0.39 is 11.7 Å². The molecule has 4 rings (SSSR count). The SMILES string of the molecule is Cc1c(CCNc2nncc3cnc(N4CCNCC4)cc23)cccc1C(F)(F)F. The normalized spacial score (nSPS) is 14.9. The number of pyridine rings is 1. The van der Waals surface area contributed by atoms with E-state index >= 15 is 0 Å². The van der Waals surface area contributed by atoms with Gasteiger partial charge >= 0.3 is 6.18 Å². The lowest BCUT2D eigenvalue weighted by molar-refractivity contribution is -0.138. The fourth-order valence-corrected chi connectivity index (χ4v) is 3.74. The van der Waals surface area contributed by atoms with Crippen molar-refractivity contribution in [1.29, 1.82) is 0 Å². The molecule has 1 aliphatic heterocycles. The van der Waals surface area contributed by atoms with E-state index in [2.05, 4.69) is 30.7 Å². The second-order valence-electron chi connectivity index (χ2n) is 7.32. The van der Waals surface area contributed by atoms with Gasteiger partial charge in [0.05, 0.1) is 11.8 Å². The van der Waals surface area contributed by atoms with Crippen LogP contribution in [0.25, 0.3) is 10.8 Å². The molecule has 0 amide bonds. The molecule has 1 aliphatic rings. The summed E-state index contributed by atoms with van der Waals surface area (Å²) in [6.45, 7) is 5.55. The van der Waals surface area contributed by atoms with Gasteiger partial charge in [-0.25, -0.2) is 4.98 Å². The Morgan fingerprint density at radius 2 is 1.97 bits per heavy atom. The molecular formula is C21H23F3N6. The van der Waals surface area contributed by atoms with E-state index in [-0.39, 0.29) is 5.56 Å². The zero-order valence-electron chi connectivity index (χ0n) is 16.6. The van der Waals surface area contributed by atoms with Crippen molar-refractivity contribution in [3.8, 4) is 0 Å². The average molecular weight is 416 g/mol. The van der Waals surface area contributed by atoms with E-state index in [1.807, 2.05) is 6.07 Å².